The summed E-state index contributed by atoms with van der Waals surface area (Å²) in [5, 5.41) is 0.660. The molecular formula is C26H31Cl3O7. The van der Waals surface area contributed by atoms with Crippen LogP contribution in [-0.2, 0) is 29.2 Å². The first-order chi connectivity index (χ1) is 17.0. The molecule has 0 aliphatic carbocycles. The SMILES string of the molecule is COC[C@@H](COc1ccc(C(C)(C)c2cc(Cl)c(OC[C@H](CCl)OC(C)=O)c(Cl)c2)cc1)OC(C)=O. The van der Waals surface area contributed by atoms with E-state index in [1.54, 1.807) is 12.1 Å². The highest BCUT2D eigenvalue weighted by Gasteiger charge is 2.26. The van der Waals surface area contributed by atoms with E-state index in [0.717, 1.165) is 11.1 Å². The van der Waals surface area contributed by atoms with Crippen molar-refractivity contribution in [3.8, 4) is 11.5 Å². The average molecular weight is 562 g/mol. The van der Waals surface area contributed by atoms with Gasteiger partial charge in [-0.1, -0.05) is 49.2 Å². The van der Waals surface area contributed by atoms with E-state index >= 15 is 0 Å². The van der Waals surface area contributed by atoms with Crippen molar-refractivity contribution < 1.29 is 33.3 Å². The fraction of sp³-hybridized carbons (Fsp3) is 0.462. The molecule has 0 aromatic heterocycles. The van der Waals surface area contributed by atoms with Crippen molar-refractivity contribution >= 4 is 46.7 Å². The van der Waals surface area contributed by atoms with Crippen molar-refractivity contribution in [1.82, 2.24) is 0 Å². The number of alkyl halides is 1. The number of esters is 2. The number of hydrogen-bond donors (Lipinski definition) is 0. The molecule has 0 radical (unpaired) electrons. The molecule has 7 nitrogen and oxygen atoms in total. The van der Waals surface area contributed by atoms with E-state index in [4.69, 9.17) is 58.5 Å². The normalized spacial score (nSPS) is 13.0. The Morgan fingerprint density at radius 3 is 1.86 bits per heavy atom. The molecule has 0 spiro atoms. The van der Waals surface area contributed by atoms with E-state index in [2.05, 4.69) is 0 Å². The molecule has 2 aromatic carbocycles. The Balaban J connectivity index is 2.13. The van der Waals surface area contributed by atoms with E-state index < -0.39 is 29.6 Å². The minimum absolute atomic E-state index is 0.0232. The van der Waals surface area contributed by atoms with Gasteiger partial charge in [-0.3, -0.25) is 9.59 Å². The van der Waals surface area contributed by atoms with Gasteiger partial charge in [-0.05, 0) is 35.4 Å². The quantitative estimate of drug-likeness (QED) is 0.225. The number of carbonyl (C=O) groups is 2. The number of ether oxygens (including phenoxy) is 5. The van der Waals surface area contributed by atoms with Crippen molar-refractivity contribution in [3.05, 3.63) is 57.6 Å². The van der Waals surface area contributed by atoms with Gasteiger partial charge < -0.3 is 23.7 Å². The molecule has 2 aromatic rings. The number of halogens is 3. The molecule has 0 heterocycles. The lowest BCUT2D eigenvalue weighted by Crippen LogP contribution is -2.28. The highest BCUT2D eigenvalue weighted by atomic mass is 35.5. The van der Waals surface area contributed by atoms with Crippen LogP contribution < -0.4 is 9.47 Å². The summed E-state index contributed by atoms with van der Waals surface area (Å²) in [5.41, 5.74) is 1.43. The third kappa shape index (κ3) is 8.73. The van der Waals surface area contributed by atoms with Crippen molar-refractivity contribution in [2.75, 3.05) is 32.8 Å². The zero-order valence-corrected chi connectivity index (χ0v) is 23.2. The summed E-state index contributed by atoms with van der Waals surface area (Å²) in [5.74, 6) is 0.159. The van der Waals surface area contributed by atoms with Crippen LogP contribution in [0.3, 0.4) is 0 Å². The Morgan fingerprint density at radius 1 is 0.833 bits per heavy atom. The maximum Gasteiger partial charge on any atom is 0.303 e. The number of carbonyl (C=O) groups excluding carboxylic acids is 2. The molecule has 0 aliphatic rings. The average Bonchev–Trinajstić information content (AvgIpc) is 2.81. The van der Waals surface area contributed by atoms with Crippen LogP contribution in [0.4, 0.5) is 0 Å². The molecule has 2 atom stereocenters. The first kappa shape index (κ1) is 30.0. The standard InChI is InChI=1S/C26H31Cl3O7/c1-16(30)35-21(12-27)14-34-25-23(28)10-19(11-24(25)29)26(3,4)18-6-8-20(9-7-18)33-15-22(13-32-5)36-17(2)31/h6-11,21-22H,12-15H2,1-5H3/t21-,22-/m0/s1. The molecule has 0 aliphatic heterocycles. The van der Waals surface area contributed by atoms with Crippen LogP contribution in [0.2, 0.25) is 10.0 Å². The van der Waals surface area contributed by atoms with E-state index in [1.165, 1.54) is 21.0 Å². The van der Waals surface area contributed by atoms with Gasteiger partial charge in [0.2, 0.25) is 0 Å². The summed E-state index contributed by atoms with van der Waals surface area (Å²) in [6.45, 7) is 7.17. The fourth-order valence-electron chi connectivity index (χ4n) is 3.44. The van der Waals surface area contributed by atoms with Crippen molar-refractivity contribution in [3.63, 3.8) is 0 Å². The van der Waals surface area contributed by atoms with Crippen molar-refractivity contribution in [2.45, 2.75) is 45.3 Å². The molecule has 36 heavy (non-hydrogen) atoms. The number of benzene rings is 2. The predicted octanol–water partition coefficient (Wildman–Crippen LogP) is 5.83. The largest absolute Gasteiger partial charge is 0.490 e. The van der Waals surface area contributed by atoms with Gasteiger partial charge in [-0.2, -0.15) is 0 Å². The highest BCUT2D eigenvalue weighted by molar-refractivity contribution is 6.37. The molecule has 10 heteroatoms. The van der Waals surface area contributed by atoms with Gasteiger partial charge in [0.05, 0.1) is 22.5 Å². The van der Waals surface area contributed by atoms with Crippen LogP contribution in [0.5, 0.6) is 11.5 Å². The molecule has 0 bridgehead atoms. The van der Waals surface area contributed by atoms with Crippen LogP contribution in [0.25, 0.3) is 0 Å². The number of hydrogen-bond acceptors (Lipinski definition) is 7. The topological polar surface area (TPSA) is 80.3 Å². The van der Waals surface area contributed by atoms with Crippen molar-refractivity contribution in [2.24, 2.45) is 0 Å². The Morgan fingerprint density at radius 2 is 1.36 bits per heavy atom. The Bertz CT molecular complexity index is 1000. The summed E-state index contributed by atoms with van der Waals surface area (Å²) >= 11 is 18.8. The lowest BCUT2D eigenvalue weighted by molar-refractivity contribution is -0.150. The summed E-state index contributed by atoms with van der Waals surface area (Å²) in [4.78, 5) is 22.4. The zero-order valence-electron chi connectivity index (χ0n) is 20.9. The first-order valence-corrected chi connectivity index (χ1v) is 12.5. The Hall–Kier alpha value is -2.19. The third-order valence-electron chi connectivity index (χ3n) is 5.34. The molecule has 0 unspecified atom stereocenters. The molecule has 0 saturated carbocycles. The number of rotatable bonds is 13. The molecule has 0 N–H and O–H groups in total. The minimum Gasteiger partial charge on any atom is -0.490 e. The zero-order chi connectivity index (χ0) is 26.9. The van der Waals surface area contributed by atoms with E-state index in [9.17, 15) is 9.59 Å². The van der Waals surface area contributed by atoms with Gasteiger partial charge in [0.1, 0.15) is 25.1 Å². The van der Waals surface area contributed by atoms with Crippen molar-refractivity contribution in [1.29, 1.82) is 0 Å². The third-order valence-corrected chi connectivity index (χ3v) is 6.24. The molecule has 0 saturated heterocycles. The number of methoxy groups -OCH3 is 1. The summed E-state index contributed by atoms with van der Waals surface area (Å²) < 4.78 is 26.8. The first-order valence-electron chi connectivity index (χ1n) is 11.2. The van der Waals surface area contributed by atoms with Crippen LogP contribution in [0.1, 0.15) is 38.8 Å². The maximum absolute atomic E-state index is 11.2. The monoisotopic (exact) mass is 560 g/mol. The highest BCUT2D eigenvalue weighted by Crippen LogP contribution is 2.40. The summed E-state index contributed by atoms with van der Waals surface area (Å²) in [7, 11) is 1.53. The van der Waals surface area contributed by atoms with Crippen LogP contribution in [-0.4, -0.2) is 57.0 Å². The fourth-order valence-corrected chi connectivity index (χ4v) is 4.19. The lowest BCUT2D eigenvalue weighted by atomic mass is 9.78. The van der Waals surface area contributed by atoms with Crippen LogP contribution >= 0.6 is 34.8 Å². The molecule has 2 rings (SSSR count). The van der Waals surface area contributed by atoms with Gasteiger partial charge in [0, 0.05) is 26.4 Å². The predicted molar refractivity (Wildman–Crippen MR) is 140 cm³/mol. The van der Waals surface area contributed by atoms with Gasteiger partial charge in [0.15, 0.2) is 11.9 Å². The van der Waals surface area contributed by atoms with Crippen LogP contribution in [0.15, 0.2) is 36.4 Å². The Labute approximate surface area is 226 Å². The molecule has 0 fully saturated rings. The van der Waals surface area contributed by atoms with Gasteiger partial charge in [0.25, 0.3) is 0 Å². The lowest BCUT2D eigenvalue weighted by Gasteiger charge is -2.27. The Kier molecular flexibility index (Phi) is 11.6. The van der Waals surface area contributed by atoms with E-state index in [0.29, 0.717) is 21.5 Å². The summed E-state index contributed by atoms with van der Waals surface area (Å²) in [6.07, 6.45) is -1.12. The second-order valence-corrected chi connectivity index (χ2v) is 9.74. The molecular weight excluding hydrogens is 531 g/mol. The smallest absolute Gasteiger partial charge is 0.303 e. The van der Waals surface area contributed by atoms with E-state index in [1.807, 2.05) is 38.1 Å². The van der Waals surface area contributed by atoms with Gasteiger partial charge >= 0.3 is 11.9 Å². The van der Waals surface area contributed by atoms with Gasteiger partial charge in [-0.25, -0.2) is 0 Å². The molecule has 198 valence electrons. The molecule has 0 amide bonds. The maximum atomic E-state index is 11.2. The summed E-state index contributed by atoms with van der Waals surface area (Å²) in [6, 6.07) is 11.2. The second kappa shape index (κ2) is 13.9. The second-order valence-electron chi connectivity index (χ2n) is 8.61. The minimum atomic E-state index is -0.619. The van der Waals surface area contributed by atoms with E-state index in [-0.39, 0.29) is 25.7 Å². The van der Waals surface area contributed by atoms with Crippen LogP contribution in [0, 0.1) is 0 Å². The van der Waals surface area contributed by atoms with Gasteiger partial charge in [-0.15, -0.1) is 11.6 Å².